The summed E-state index contributed by atoms with van der Waals surface area (Å²) in [6, 6.07) is 13.1. The first kappa shape index (κ1) is 27.3. The Labute approximate surface area is 218 Å². The van der Waals surface area contributed by atoms with Crippen molar-refractivity contribution in [2.75, 3.05) is 59.3 Å². The summed E-state index contributed by atoms with van der Waals surface area (Å²) in [6.07, 6.45) is 5.42. The van der Waals surface area contributed by atoms with E-state index in [0.29, 0.717) is 11.6 Å². The molecule has 2 aromatic carbocycles. The van der Waals surface area contributed by atoms with E-state index in [1.807, 2.05) is 36.4 Å². The topological polar surface area (TPSA) is 78.4 Å². The average molecular weight is 577 g/mol. The molecule has 2 aromatic rings. The smallest absolute Gasteiger partial charge is 0.243 e. The summed E-state index contributed by atoms with van der Waals surface area (Å²) >= 11 is 0. The number of aliphatic imine (C=N–C) groups is 1. The molecule has 2 N–H and O–H groups in total. The standard InChI is InChI=1S/C25H31N5O3.HI/c1-5-19-7-6-8-21(15-19)28-24(31)17-27-25(26-2)30-13-11-29(12-14-30)18-20-16-22(32-3)9-10-23(20)33-4;/h1,6-10,15-16H,11-14,17-18H2,2-4H3,(H,26,27)(H,28,31);1H. The van der Waals surface area contributed by atoms with Crippen molar-refractivity contribution >= 4 is 41.5 Å². The maximum atomic E-state index is 12.4. The minimum atomic E-state index is -0.158. The fraction of sp³-hybridized carbons (Fsp3) is 0.360. The second kappa shape index (κ2) is 13.7. The molecule has 1 heterocycles. The molecule has 0 aliphatic carbocycles. The molecule has 0 spiro atoms. The molecule has 0 unspecified atom stereocenters. The van der Waals surface area contributed by atoms with Crippen LogP contribution in [0.15, 0.2) is 47.5 Å². The summed E-state index contributed by atoms with van der Waals surface area (Å²) in [5.41, 5.74) is 2.49. The van der Waals surface area contributed by atoms with E-state index >= 15 is 0 Å². The van der Waals surface area contributed by atoms with Gasteiger partial charge in [-0.05, 0) is 36.4 Å². The van der Waals surface area contributed by atoms with E-state index in [-0.39, 0.29) is 36.4 Å². The Morgan fingerprint density at radius 2 is 1.88 bits per heavy atom. The lowest BCUT2D eigenvalue weighted by Gasteiger charge is -2.36. The summed E-state index contributed by atoms with van der Waals surface area (Å²) < 4.78 is 10.9. The lowest BCUT2D eigenvalue weighted by Crippen LogP contribution is -2.53. The Kier molecular flexibility index (Phi) is 11.0. The first-order chi connectivity index (χ1) is 16.1. The Balaban J connectivity index is 0.00000408. The molecule has 8 nitrogen and oxygen atoms in total. The van der Waals surface area contributed by atoms with E-state index in [2.05, 4.69) is 31.3 Å². The SMILES string of the molecule is C#Cc1cccc(NC(=O)CNC(=NC)N2CCN(Cc3cc(OC)ccc3OC)CC2)c1.I. The maximum Gasteiger partial charge on any atom is 0.243 e. The van der Waals surface area contributed by atoms with Crippen LogP contribution in [0.5, 0.6) is 11.5 Å². The third-order valence-corrected chi connectivity index (χ3v) is 5.49. The summed E-state index contributed by atoms with van der Waals surface area (Å²) in [4.78, 5) is 21.2. The number of methoxy groups -OCH3 is 2. The van der Waals surface area contributed by atoms with Crippen molar-refractivity contribution in [1.29, 1.82) is 0 Å². The first-order valence-electron chi connectivity index (χ1n) is 10.8. The largest absolute Gasteiger partial charge is 0.497 e. The quantitative estimate of drug-likeness (QED) is 0.228. The number of ether oxygens (including phenoxy) is 2. The number of rotatable bonds is 7. The molecular formula is C25H32IN5O3. The van der Waals surface area contributed by atoms with Crippen molar-refractivity contribution in [3.05, 3.63) is 53.6 Å². The number of piperazine rings is 1. The highest BCUT2D eigenvalue weighted by atomic mass is 127. The number of terminal acetylenes is 1. The zero-order valence-corrected chi connectivity index (χ0v) is 22.2. The number of nitrogens with zero attached hydrogens (tertiary/aromatic N) is 3. The van der Waals surface area contributed by atoms with Crippen LogP contribution in [0, 0.1) is 12.3 Å². The highest BCUT2D eigenvalue weighted by Crippen LogP contribution is 2.25. The van der Waals surface area contributed by atoms with Crippen molar-refractivity contribution in [1.82, 2.24) is 15.1 Å². The highest BCUT2D eigenvalue weighted by Gasteiger charge is 2.21. The fourth-order valence-corrected chi connectivity index (χ4v) is 3.75. The van der Waals surface area contributed by atoms with Crippen LogP contribution in [-0.4, -0.2) is 75.7 Å². The molecule has 0 bridgehead atoms. The molecule has 0 atom stereocenters. The van der Waals surface area contributed by atoms with Gasteiger partial charge in [0, 0.05) is 56.6 Å². The fourth-order valence-electron chi connectivity index (χ4n) is 3.75. The van der Waals surface area contributed by atoms with E-state index in [1.165, 1.54) is 0 Å². The van der Waals surface area contributed by atoms with Gasteiger partial charge in [0.1, 0.15) is 11.5 Å². The third-order valence-electron chi connectivity index (χ3n) is 5.49. The Morgan fingerprint density at radius 3 is 2.53 bits per heavy atom. The molecule has 1 amide bonds. The number of amides is 1. The van der Waals surface area contributed by atoms with Gasteiger partial charge in [-0.25, -0.2) is 0 Å². The van der Waals surface area contributed by atoms with E-state index in [9.17, 15) is 4.79 Å². The van der Waals surface area contributed by atoms with Crippen molar-refractivity contribution in [2.45, 2.75) is 6.54 Å². The van der Waals surface area contributed by atoms with Crippen molar-refractivity contribution in [3.63, 3.8) is 0 Å². The van der Waals surface area contributed by atoms with Gasteiger partial charge in [0.05, 0.1) is 20.8 Å². The number of hydrogen-bond donors (Lipinski definition) is 2. The number of carbonyl (C=O) groups is 1. The molecule has 0 saturated carbocycles. The van der Waals surface area contributed by atoms with Crippen molar-refractivity contribution < 1.29 is 14.3 Å². The van der Waals surface area contributed by atoms with E-state index in [0.717, 1.165) is 55.3 Å². The monoisotopic (exact) mass is 577 g/mol. The summed E-state index contributed by atoms with van der Waals surface area (Å²) in [5.74, 6) is 4.79. The van der Waals surface area contributed by atoms with Crippen molar-refractivity contribution in [3.8, 4) is 23.8 Å². The third kappa shape index (κ3) is 7.53. The van der Waals surface area contributed by atoms with E-state index in [1.54, 1.807) is 27.3 Å². The second-order valence-corrected chi connectivity index (χ2v) is 7.62. The van der Waals surface area contributed by atoms with Gasteiger partial charge in [0.2, 0.25) is 5.91 Å². The summed E-state index contributed by atoms with van der Waals surface area (Å²) in [6.45, 7) is 4.24. The summed E-state index contributed by atoms with van der Waals surface area (Å²) in [7, 11) is 5.07. The van der Waals surface area contributed by atoms with E-state index in [4.69, 9.17) is 15.9 Å². The van der Waals surface area contributed by atoms with Gasteiger partial charge < -0.3 is 25.0 Å². The van der Waals surface area contributed by atoms with Crippen molar-refractivity contribution in [2.24, 2.45) is 4.99 Å². The Hall–Kier alpha value is -2.97. The first-order valence-corrected chi connectivity index (χ1v) is 10.8. The van der Waals surface area contributed by atoms with Gasteiger partial charge in [0.25, 0.3) is 0 Å². The number of guanidine groups is 1. The van der Waals surface area contributed by atoms with Gasteiger partial charge >= 0.3 is 0 Å². The lowest BCUT2D eigenvalue weighted by molar-refractivity contribution is -0.115. The number of anilines is 1. The molecule has 0 radical (unpaired) electrons. The average Bonchev–Trinajstić information content (AvgIpc) is 2.85. The zero-order chi connectivity index (χ0) is 23.6. The summed E-state index contributed by atoms with van der Waals surface area (Å²) in [5, 5.41) is 6.01. The molecule has 9 heteroatoms. The lowest BCUT2D eigenvalue weighted by atomic mass is 10.1. The molecule has 1 aliphatic rings. The molecule has 3 rings (SSSR count). The zero-order valence-electron chi connectivity index (χ0n) is 19.8. The molecule has 0 aromatic heterocycles. The van der Waals surface area contributed by atoms with Gasteiger partial charge in [0.15, 0.2) is 5.96 Å². The minimum absolute atomic E-state index is 0. The predicted molar refractivity (Wildman–Crippen MR) is 146 cm³/mol. The number of benzene rings is 2. The van der Waals surface area contributed by atoms with Gasteiger partial charge in [-0.2, -0.15) is 0 Å². The van der Waals surface area contributed by atoms with Crippen LogP contribution >= 0.6 is 24.0 Å². The van der Waals surface area contributed by atoms with Gasteiger partial charge in [-0.1, -0.05) is 12.0 Å². The van der Waals surface area contributed by atoms with Crippen LogP contribution in [0.4, 0.5) is 5.69 Å². The van der Waals surface area contributed by atoms with Crippen LogP contribution < -0.4 is 20.1 Å². The highest BCUT2D eigenvalue weighted by molar-refractivity contribution is 14.0. The van der Waals surface area contributed by atoms with E-state index < -0.39 is 0 Å². The maximum absolute atomic E-state index is 12.4. The molecule has 34 heavy (non-hydrogen) atoms. The van der Waals surface area contributed by atoms with Gasteiger partial charge in [-0.15, -0.1) is 30.4 Å². The molecular weight excluding hydrogens is 545 g/mol. The number of halogens is 1. The minimum Gasteiger partial charge on any atom is -0.497 e. The van der Waals surface area contributed by atoms with Crippen LogP contribution in [-0.2, 0) is 11.3 Å². The second-order valence-electron chi connectivity index (χ2n) is 7.62. The van der Waals surface area contributed by atoms with Crippen LogP contribution in [0.25, 0.3) is 0 Å². The van der Waals surface area contributed by atoms with Crippen LogP contribution in [0.2, 0.25) is 0 Å². The normalized spacial score (nSPS) is 13.9. The number of carbonyl (C=O) groups excluding carboxylic acids is 1. The Bertz CT molecular complexity index is 1030. The predicted octanol–water partition coefficient (Wildman–Crippen LogP) is 2.63. The molecule has 1 fully saturated rings. The number of hydrogen-bond acceptors (Lipinski definition) is 5. The van der Waals surface area contributed by atoms with Crippen LogP contribution in [0.3, 0.4) is 0 Å². The molecule has 182 valence electrons. The molecule has 1 saturated heterocycles. The van der Waals surface area contributed by atoms with Crippen LogP contribution in [0.1, 0.15) is 11.1 Å². The van der Waals surface area contributed by atoms with Gasteiger partial charge in [-0.3, -0.25) is 14.7 Å². The number of nitrogens with one attached hydrogen (secondary N) is 2. The Morgan fingerprint density at radius 1 is 1.12 bits per heavy atom. The molecule has 1 aliphatic heterocycles.